The number of anilines is 1. The van der Waals surface area contributed by atoms with Crippen molar-refractivity contribution in [2.75, 3.05) is 24.5 Å². The average Bonchev–Trinajstić information content (AvgIpc) is 3.60. The molecule has 5 heterocycles. The Balaban J connectivity index is 1.31. The van der Waals surface area contributed by atoms with E-state index >= 15 is 0 Å². The number of hydrogen-bond acceptors (Lipinski definition) is 5. The van der Waals surface area contributed by atoms with E-state index in [0.717, 1.165) is 29.1 Å². The lowest BCUT2D eigenvalue weighted by Gasteiger charge is -2.30. The molecule has 1 atom stereocenters. The van der Waals surface area contributed by atoms with Crippen LogP contribution in [0.25, 0.3) is 22.2 Å². The van der Waals surface area contributed by atoms with Crippen molar-refractivity contribution < 1.29 is 18.7 Å². The fourth-order valence-corrected chi connectivity index (χ4v) is 5.54. The SMILES string of the molecule is O=C(O)N1CCC(n2cc(-c3ccnc4ccc(N5CCCC5c5cc(F)ccc5F)nc34)cn2)CC1. The van der Waals surface area contributed by atoms with Crippen molar-refractivity contribution in [3.63, 3.8) is 0 Å². The van der Waals surface area contributed by atoms with E-state index in [0.29, 0.717) is 55.8 Å². The highest BCUT2D eigenvalue weighted by Crippen LogP contribution is 2.38. The summed E-state index contributed by atoms with van der Waals surface area (Å²) < 4.78 is 30.4. The molecule has 0 radical (unpaired) electrons. The second kappa shape index (κ2) is 9.42. The predicted octanol–water partition coefficient (Wildman–Crippen LogP) is 5.43. The number of pyridine rings is 2. The van der Waals surface area contributed by atoms with E-state index in [4.69, 9.17) is 4.98 Å². The summed E-state index contributed by atoms with van der Waals surface area (Å²) in [6, 6.07) is 9.13. The lowest BCUT2D eigenvalue weighted by atomic mass is 10.0. The largest absolute Gasteiger partial charge is 0.465 e. The van der Waals surface area contributed by atoms with E-state index in [1.54, 1.807) is 12.4 Å². The van der Waals surface area contributed by atoms with Gasteiger partial charge in [0.1, 0.15) is 17.5 Å². The molecule has 0 spiro atoms. The van der Waals surface area contributed by atoms with Gasteiger partial charge < -0.3 is 14.9 Å². The maximum absolute atomic E-state index is 14.6. The number of rotatable bonds is 4. The molecule has 1 amide bonds. The average molecular weight is 505 g/mol. The molecule has 37 heavy (non-hydrogen) atoms. The van der Waals surface area contributed by atoms with Gasteiger partial charge in [-0.1, -0.05) is 0 Å². The molecule has 1 N–H and O–H groups in total. The van der Waals surface area contributed by atoms with E-state index in [9.17, 15) is 18.7 Å². The van der Waals surface area contributed by atoms with Crippen molar-refractivity contribution in [1.29, 1.82) is 0 Å². The normalized spacial score (nSPS) is 18.6. The highest BCUT2D eigenvalue weighted by atomic mass is 19.1. The third-order valence-corrected chi connectivity index (χ3v) is 7.45. The quantitative estimate of drug-likeness (QED) is 0.399. The van der Waals surface area contributed by atoms with Crippen LogP contribution in [-0.4, -0.2) is 55.5 Å². The van der Waals surface area contributed by atoms with Gasteiger partial charge in [-0.3, -0.25) is 9.67 Å². The van der Waals surface area contributed by atoms with Gasteiger partial charge in [0.25, 0.3) is 0 Å². The van der Waals surface area contributed by atoms with Crippen molar-refractivity contribution >= 4 is 22.9 Å². The first-order valence-electron chi connectivity index (χ1n) is 12.5. The Morgan fingerprint density at radius 3 is 2.68 bits per heavy atom. The molecule has 0 aliphatic carbocycles. The van der Waals surface area contributed by atoms with Gasteiger partial charge in [-0.25, -0.2) is 18.6 Å². The molecule has 6 rings (SSSR count). The molecule has 190 valence electrons. The lowest BCUT2D eigenvalue weighted by molar-refractivity contribution is 0.124. The fraction of sp³-hybridized carbons (Fsp3) is 0.333. The van der Waals surface area contributed by atoms with Crippen LogP contribution in [0.2, 0.25) is 0 Å². The van der Waals surface area contributed by atoms with Crippen molar-refractivity contribution in [1.82, 2.24) is 24.6 Å². The van der Waals surface area contributed by atoms with Crippen LogP contribution in [0.3, 0.4) is 0 Å². The highest BCUT2D eigenvalue weighted by Gasteiger charge is 2.30. The van der Waals surface area contributed by atoms with E-state index in [1.807, 2.05) is 34.0 Å². The number of amides is 1. The number of carbonyl (C=O) groups is 1. The van der Waals surface area contributed by atoms with Gasteiger partial charge in [0, 0.05) is 48.7 Å². The van der Waals surface area contributed by atoms with Crippen LogP contribution in [0.15, 0.2) is 55.0 Å². The number of aromatic nitrogens is 4. The molecule has 0 saturated carbocycles. The minimum Gasteiger partial charge on any atom is -0.465 e. The van der Waals surface area contributed by atoms with E-state index in [2.05, 4.69) is 10.1 Å². The van der Waals surface area contributed by atoms with Gasteiger partial charge in [-0.05, 0) is 62.1 Å². The van der Waals surface area contributed by atoms with E-state index < -0.39 is 17.7 Å². The molecule has 2 fully saturated rings. The summed E-state index contributed by atoms with van der Waals surface area (Å²) in [6.07, 6.45) is 7.62. The number of nitrogens with zero attached hydrogens (tertiary/aromatic N) is 6. The van der Waals surface area contributed by atoms with Crippen LogP contribution >= 0.6 is 0 Å². The van der Waals surface area contributed by atoms with Crippen LogP contribution in [-0.2, 0) is 0 Å². The Bertz CT molecular complexity index is 1470. The van der Waals surface area contributed by atoms with Gasteiger partial charge in [0.2, 0.25) is 0 Å². The summed E-state index contributed by atoms with van der Waals surface area (Å²) in [6.45, 7) is 1.67. The van der Waals surface area contributed by atoms with Gasteiger partial charge in [0.05, 0.1) is 29.3 Å². The molecular weight excluding hydrogens is 478 g/mol. The number of piperidine rings is 1. The molecule has 1 unspecified atom stereocenters. The number of likely N-dealkylation sites (tertiary alicyclic amines) is 1. The second-order valence-corrected chi connectivity index (χ2v) is 9.62. The van der Waals surface area contributed by atoms with Crippen LogP contribution in [0.1, 0.15) is 43.3 Å². The number of halogens is 2. The van der Waals surface area contributed by atoms with Crippen molar-refractivity contribution in [3.05, 3.63) is 72.2 Å². The zero-order chi connectivity index (χ0) is 25.5. The molecule has 1 aromatic carbocycles. The summed E-state index contributed by atoms with van der Waals surface area (Å²) in [4.78, 5) is 24.1. The van der Waals surface area contributed by atoms with Gasteiger partial charge in [-0.2, -0.15) is 5.10 Å². The van der Waals surface area contributed by atoms with Crippen molar-refractivity contribution in [2.24, 2.45) is 0 Å². The fourth-order valence-electron chi connectivity index (χ4n) is 5.54. The van der Waals surface area contributed by atoms with Crippen molar-refractivity contribution in [3.8, 4) is 11.1 Å². The van der Waals surface area contributed by atoms with Crippen LogP contribution in [0.4, 0.5) is 19.4 Å². The molecule has 8 nitrogen and oxygen atoms in total. The molecule has 3 aromatic heterocycles. The minimum absolute atomic E-state index is 0.132. The topological polar surface area (TPSA) is 87.4 Å². The molecule has 2 aliphatic heterocycles. The third-order valence-electron chi connectivity index (χ3n) is 7.45. The van der Waals surface area contributed by atoms with Crippen LogP contribution in [0, 0.1) is 11.6 Å². The molecule has 2 aliphatic rings. The Labute approximate surface area is 212 Å². The summed E-state index contributed by atoms with van der Waals surface area (Å²) in [7, 11) is 0. The lowest BCUT2D eigenvalue weighted by Crippen LogP contribution is -2.38. The maximum Gasteiger partial charge on any atom is 0.407 e. The molecular formula is C27H26F2N6O2. The summed E-state index contributed by atoms with van der Waals surface area (Å²) >= 11 is 0. The second-order valence-electron chi connectivity index (χ2n) is 9.62. The van der Waals surface area contributed by atoms with Gasteiger partial charge >= 0.3 is 6.09 Å². The van der Waals surface area contributed by atoms with E-state index in [1.165, 1.54) is 17.0 Å². The summed E-state index contributed by atoms with van der Waals surface area (Å²) in [5.41, 5.74) is 3.57. The van der Waals surface area contributed by atoms with Gasteiger partial charge in [0.15, 0.2) is 0 Å². The monoisotopic (exact) mass is 504 g/mol. The minimum atomic E-state index is -0.884. The summed E-state index contributed by atoms with van der Waals surface area (Å²) in [5, 5.41) is 13.8. The smallest absolute Gasteiger partial charge is 0.407 e. The van der Waals surface area contributed by atoms with E-state index in [-0.39, 0.29) is 12.1 Å². The maximum atomic E-state index is 14.6. The Morgan fingerprint density at radius 1 is 1.03 bits per heavy atom. The van der Waals surface area contributed by atoms with Crippen LogP contribution in [0.5, 0.6) is 0 Å². The predicted molar refractivity (Wildman–Crippen MR) is 134 cm³/mol. The summed E-state index contributed by atoms with van der Waals surface area (Å²) in [5.74, 6) is -0.170. The molecule has 4 aromatic rings. The third kappa shape index (κ3) is 4.36. The first-order valence-corrected chi connectivity index (χ1v) is 12.5. The Hall–Kier alpha value is -4.08. The number of fused-ring (bicyclic) bond motifs is 1. The van der Waals surface area contributed by atoms with Crippen LogP contribution < -0.4 is 4.90 Å². The first kappa shape index (κ1) is 23.3. The molecule has 2 saturated heterocycles. The zero-order valence-electron chi connectivity index (χ0n) is 20.1. The zero-order valence-corrected chi connectivity index (χ0v) is 20.1. The number of hydrogen-bond donors (Lipinski definition) is 1. The van der Waals surface area contributed by atoms with Crippen molar-refractivity contribution in [2.45, 2.75) is 37.8 Å². The number of carboxylic acid groups (broad SMARTS) is 1. The molecule has 10 heteroatoms. The Morgan fingerprint density at radius 2 is 1.86 bits per heavy atom. The highest BCUT2D eigenvalue weighted by molar-refractivity contribution is 5.91. The molecule has 0 bridgehead atoms. The Kier molecular flexibility index (Phi) is 5.94. The van der Waals surface area contributed by atoms with Gasteiger partial charge in [-0.15, -0.1) is 0 Å². The first-order chi connectivity index (χ1) is 18.0. The number of benzene rings is 1. The standard InChI is InChI=1S/C27H26F2N6O2/c28-18-3-4-22(29)21(14-18)24-2-1-11-34(24)25-6-5-23-26(32-25)20(7-10-30-23)17-15-31-35(16-17)19-8-12-33(13-9-19)27(36)37/h3-7,10,14-16,19,24H,1-2,8-9,11-13H2,(H,36,37).